The standard InChI is InChI=1S/C11H11NO3/c12-10(13)9-7-4-2-1-3-6(7)5-8(9)11(14)15/h1-4,8-9H,5H2,(H2,12,13)(H,14,15). The van der Waals surface area contributed by atoms with E-state index < -0.39 is 23.7 Å². The maximum absolute atomic E-state index is 11.2. The Balaban J connectivity index is 2.46. The van der Waals surface area contributed by atoms with Gasteiger partial charge in [0.15, 0.2) is 0 Å². The molecular formula is C11H11NO3. The number of carboxylic acids is 1. The molecule has 2 rings (SSSR count). The summed E-state index contributed by atoms with van der Waals surface area (Å²) in [4.78, 5) is 22.2. The van der Waals surface area contributed by atoms with Crippen LogP contribution in [-0.4, -0.2) is 17.0 Å². The minimum Gasteiger partial charge on any atom is -0.481 e. The number of aliphatic carboxylic acids is 1. The van der Waals surface area contributed by atoms with Crippen molar-refractivity contribution in [1.82, 2.24) is 0 Å². The highest BCUT2D eigenvalue weighted by Gasteiger charge is 2.40. The van der Waals surface area contributed by atoms with Crippen LogP contribution in [-0.2, 0) is 16.0 Å². The monoisotopic (exact) mass is 205 g/mol. The zero-order valence-electron chi connectivity index (χ0n) is 8.01. The first kappa shape index (κ1) is 9.71. The molecule has 1 amide bonds. The first-order valence-electron chi connectivity index (χ1n) is 4.71. The van der Waals surface area contributed by atoms with Crippen LogP contribution in [0, 0.1) is 5.92 Å². The number of amides is 1. The molecule has 4 nitrogen and oxygen atoms in total. The van der Waals surface area contributed by atoms with Crippen LogP contribution in [0.5, 0.6) is 0 Å². The number of hydrogen-bond acceptors (Lipinski definition) is 2. The average Bonchev–Trinajstić information content (AvgIpc) is 2.56. The summed E-state index contributed by atoms with van der Waals surface area (Å²) in [5.41, 5.74) is 6.91. The van der Waals surface area contributed by atoms with Gasteiger partial charge in [0.05, 0.1) is 11.8 Å². The van der Waals surface area contributed by atoms with Crippen molar-refractivity contribution < 1.29 is 14.7 Å². The first-order valence-corrected chi connectivity index (χ1v) is 4.71. The van der Waals surface area contributed by atoms with E-state index in [4.69, 9.17) is 10.8 Å². The molecule has 0 saturated carbocycles. The summed E-state index contributed by atoms with van der Waals surface area (Å²) in [7, 11) is 0. The third kappa shape index (κ3) is 1.48. The summed E-state index contributed by atoms with van der Waals surface area (Å²) in [6.07, 6.45) is 0.388. The van der Waals surface area contributed by atoms with Crippen LogP contribution < -0.4 is 5.73 Å². The second-order valence-electron chi connectivity index (χ2n) is 3.73. The number of carbonyl (C=O) groups is 2. The number of primary amides is 1. The van der Waals surface area contributed by atoms with Gasteiger partial charge in [-0.1, -0.05) is 24.3 Å². The predicted octanol–water partition coefficient (Wildman–Crippen LogP) is 0.512. The topological polar surface area (TPSA) is 80.4 Å². The maximum atomic E-state index is 11.2. The van der Waals surface area contributed by atoms with E-state index in [0.717, 1.165) is 11.1 Å². The smallest absolute Gasteiger partial charge is 0.307 e. The zero-order valence-corrected chi connectivity index (χ0v) is 8.01. The molecule has 1 aromatic carbocycles. The molecule has 2 atom stereocenters. The van der Waals surface area contributed by atoms with Gasteiger partial charge < -0.3 is 10.8 Å². The highest BCUT2D eigenvalue weighted by Crippen LogP contribution is 2.37. The van der Waals surface area contributed by atoms with Crippen molar-refractivity contribution in [3.8, 4) is 0 Å². The van der Waals surface area contributed by atoms with Gasteiger partial charge in [-0.2, -0.15) is 0 Å². The lowest BCUT2D eigenvalue weighted by Gasteiger charge is -2.12. The fourth-order valence-electron chi connectivity index (χ4n) is 2.18. The molecule has 1 aliphatic rings. The molecule has 0 radical (unpaired) electrons. The Labute approximate surface area is 86.7 Å². The van der Waals surface area contributed by atoms with Crippen molar-refractivity contribution in [3.05, 3.63) is 35.4 Å². The van der Waals surface area contributed by atoms with Crippen molar-refractivity contribution in [2.24, 2.45) is 11.7 Å². The average molecular weight is 205 g/mol. The van der Waals surface area contributed by atoms with Gasteiger partial charge in [-0.05, 0) is 17.5 Å². The Bertz CT molecular complexity index is 428. The van der Waals surface area contributed by atoms with Crippen LogP contribution in [0.4, 0.5) is 0 Å². The Kier molecular flexibility index (Phi) is 2.19. The van der Waals surface area contributed by atoms with E-state index in [1.165, 1.54) is 0 Å². The van der Waals surface area contributed by atoms with E-state index in [1.54, 1.807) is 12.1 Å². The van der Waals surface area contributed by atoms with Gasteiger partial charge in [0.2, 0.25) is 5.91 Å². The van der Waals surface area contributed by atoms with Gasteiger partial charge in [-0.15, -0.1) is 0 Å². The van der Waals surface area contributed by atoms with Crippen LogP contribution in [0.25, 0.3) is 0 Å². The number of hydrogen-bond donors (Lipinski definition) is 2. The molecule has 4 heteroatoms. The minimum absolute atomic E-state index is 0.388. The predicted molar refractivity (Wildman–Crippen MR) is 53.2 cm³/mol. The van der Waals surface area contributed by atoms with E-state index in [9.17, 15) is 9.59 Å². The first-order chi connectivity index (χ1) is 7.11. The van der Waals surface area contributed by atoms with Crippen molar-refractivity contribution in [3.63, 3.8) is 0 Å². The SMILES string of the molecule is NC(=O)C1c2ccccc2CC1C(=O)O. The largest absolute Gasteiger partial charge is 0.481 e. The molecule has 0 heterocycles. The van der Waals surface area contributed by atoms with E-state index >= 15 is 0 Å². The number of nitrogens with two attached hydrogens (primary N) is 1. The summed E-state index contributed by atoms with van der Waals surface area (Å²) >= 11 is 0. The Hall–Kier alpha value is -1.84. The van der Waals surface area contributed by atoms with Crippen LogP contribution >= 0.6 is 0 Å². The summed E-state index contributed by atoms with van der Waals surface area (Å²) in [5.74, 6) is -2.92. The van der Waals surface area contributed by atoms with E-state index in [0.29, 0.717) is 6.42 Å². The van der Waals surface area contributed by atoms with Crippen molar-refractivity contribution in [1.29, 1.82) is 0 Å². The molecule has 0 fully saturated rings. The molecule has 15 heavy (non-hydrogen) atoms. The second-order valence-corrected chi connectivity index (χ2v) is 3.73. The molecule has 2 unspecified atom stereocenters. The highest BCUT2D eigenvalue weighted by atomic mass is 16.4. The molecule has 0 aliphatic heterocycles. The molecule has 0 saturated heterocycles. The van der Waals surface area contributed by atoms with E-state index in [-0.39, 0.29) is 0 Å². The molecule has 1 aliphatic carbocycles. The van der Waals surface area contributed by atoms with Gasteiger partial charge >= 0.3 is 5.97 Å². The van der Waals surface area contributed by atoms with E-state index in [2.05, 4.69) is 0 Å². The normalized spacial score (nSPS) is 23.5. The number of rotatable bonds is 2. The van der Waals surface area contributed by atoms with Crippen LogP contribution in [0.1, 0.15) is 17.0 Å². The lowest BCUT2D eigenvalue weighted by Crippen LogP contribution is -2.29. The number of carboxylic acid groups (broad SMARTS) is 1. The molecule has 0 bridgehead atoms. The number of fused-ring (bicyclic) bond motifs is 1. The third-order valence-electron chi connectivity index (χ3n) is 2.86. The van der Waals surface area contributed by atoms with Crippen molar-refractivity contribution in [2.75, 3.05) is 0 Å². The van der Waals surface area contributed by atoms with Crippen LogP contribution in [0.2, 0.25) is 0 Å². The second kappa shape index (κ2) is 3.38. The molecule has 78 valence electrons. The van der Waals surface area contributed by atoms with Gasteiger partial charge in [-0.25, -0.2) is 0 Å². The van der Waals surface area contributed by atoms with Gasteiger partial charge in [0.25, 0.3) is 0 Å². The Morgan fingerprint density at radius 2 is 2.00 bits per heavy atom. The fraction of sp³-hybridized carbons (Fsp3) is 0.273. The molecular weight excluding hydrogens is 194 g/mol. The third-order valence-corrected chi connectivity index (χ3v) is 2.86. The molecule has 0 spiro atoms. The highest BCUT2D eigenvalue weighted by molar-refractivity contribution is 5.90. The minimum atomic E-state index is -0.963. The molecule has 0 aromatic heterocycles. The van der Waals surface area contributed by atoms with Crippen LogP contribution in [0.3, 0.4) is 0 Å². The van der Waals surface area contributed by atoms with Gasteiger partial charge in [0, 0.05) is 0 Å². The fourth-order valence-corrected chi connectivity index (χ4v) is 2.18. The maximum Gasteiger partial charge on any atom is 0.307 e. The Morgan fingerprint density at radius 3 is 2.60 bits per heavy atom. The lowest BCUT2D eigenvalue weighted by molar-refractivity contribution is -0.144. The lowest BCUT2D eigenvalue weighted by atomic mass is 9.92. The summed E-state index contributed by atoms with van der Waals surface area (Å²) in [6.45, 7) is 0. The molecule has 3 N–H and O–H groups in total. The quantitative estimate of drug-likeness (QED) is 0.738. The summed E-state index contributed by atoms with van der Waals surface area (Å²) in [6, 6.07) is 7.24. The summed E-state index contributed by atoms with van der Waals surface area (Å²) < 4.78 is 0. The van der Waals surface area contributed by atoms with Gasteiger partial charge in [-0.3, -0.25) is 9.59 Å². The number of carbonyl (C=O) groups excluding carboxylic acids is 1. The summed E-state index contributed by atoms with van der Waals surface area (Å²) in [5, 5.41) is 9.00. The zero-order chi connectivity index (χ0) is 11.0. The van der Waals surface area contributed by atoms with Crippen molar-refractivity contribution in [2.45, 2.75) is 12.3 Å². The van der Waals surface area contributed by atoms with Crippen LogP contribution in [0.15, 0.2) is 24.3 Å². The number of benzene rings is 1. The van der Waals surface area contributed by atoms with Crippen molar-refractivity contribution >= 4 is 11.9 Å². The molecule has 1 aromatic rings. The van der Waals surface area contributed by atoms with Gasteiger partial charge in [0.1, 0.15) is 0 Å². The Morgan fingerprint density at radius 1 is 1.33 bits per heavy atom. The van der Waals surface area contributed by atoms with E-state index in [1.807, 2.05) is 12.1 Å².